The summed E-state index contributed by atoms with van der Waals surface area (Å²) >= 11 is 0. The van der Waals surface area contributed by atoms with Crippen LogP contribution in [0.1, 0.15) is 20.8 Å². The molecule has 2 aromatic heterocycles. The highest BCUT2D eigenvalue weighted by atomic mass is 19.1. The average Bonchev–Trinajstić information content (AvgIpc) is 3.00. The lowest BCUT2D eigenvalue weighted by Crippen LogP contribution is -2.43. The predicted octanol–water partition coefficient (Wildman–Crippen LogP) is 4.44. The molecule has 0 saturated heterocycles. The van der Waals surface area contributed by atoms with Crippen LogP contribution in [0.15, 0.2) is 48.8 Å². The predicted molar refractivity (Wildman–Crippen MR) is 106 cm³/mol. The Balaban J connectivity index is 1.81. The van der Waals surface area contributed by atoms with E-state index >= 15 is 0 Å². The quantitative estimate of drug-likeness (QED) is 0.745. The molecule has 0 spiro atoms. The number of nitrogens with one attached hydrogen (secondary N) is 1. The molecule has 1 aliphatic heterocycles. The van der Waals surface area contributed by atoms with Crippen LogP contribution in [-0.4, -0.2) is 32.9 Å². The molecule has 0 amide bonds. The van der Waals surface area contributed by atoms with Gasteiger partial charge in [0.15, 0.2) is 0 Å². The van der Waals surface area contributed by atoms with Crippen molar-refractivity contribution < 1.29 is 4.39 Å². The lowest BCUT2D eigenvalue weighted by molar-refractivity contribution is 0.201. The van der Waals surface area contributed by atoms with Gasteiger partial charge in [-0.1, -0.05) is 20.8 Å². The van der Waals surface area contributed by atoms with Gasteiger partial charge in [0.25, 0.3) is 0 Å². The van der Waals surface area contributed by atoms with Crippen LogP contribution >= 0.6 is 0 Å². The summed E-state index contributed by atoms with van der Waals surface area (Å²) in [6.07, 6.45) is 3.56. The Labute approximate surface area is 158 Å². The highest BCUT2D eigenvalue weighted by Gasteiger charge is 2.27. The maximum absolute atomic E-state index is 13.4. The summed E-state index contributed by atoms with van der Waals surface area (Å²) in [5.74, 6) is 0.721. The molecule has 0 aliphatic carbocycles. The maximum atomic E-state index is 13.4. The minimum Gasteiger partial charge on any atom is -0.303 e. The van der Waals surface area contributed by atoms with Gasteiger partial charge in [0.05, 0.1) is 12.1 Å². The van der Waals surface area contributed by atoms with E-state index in [0.717, 1.165) is 47.8 Å². The van der Waals surface area contributed by atoms with Gasteiger partial charge >= 0.3 is 0 Å². The SMILES string of the molecule is CC(C)(C)CN1CCn2nc(-c3ccc(F)cc3)c(-c3ccncc3)c2N1. The molecule has 0 radical (unpaired) electrons. The number of hydrazine groups is 1. The van der Waals surface area contributed by atoms with E-state index in [9.17, 15) is 4.39 Å². The molecule has 1 N–H and O–H groups in total. The van der Waals surface area contributed by atoms with Gasteiger partial charge in [-0.3, -0.25) is 4.98 Å². The first-order valence-electron chi connectivity index (χ1n) is 9.19. The number of fused-ring (bicyclic) bond motifs is 1. The molecule has 0 saturated carbocycles. The van der Waals surface area contributed by atoms with Crippen LogP contribution < -0.4 is 5.43 Å². The minimum absolute atomic E-state index is 0.186. The number of halogens is 1. The number of aromatic nitrogens is 3. The lowest BCUT2D eigenvalue weighted by atomic mass is 9.96. The second-order valence-electron chi connectivity index (χ2n) is 8.13. The minimum atomic E-state index is -0.248. The zero-order chi connectivity index (χ0) is 19.0. The number of pyridine rings is 1. The number of anilines is 1. The van der Waals surface area contributed by atoms with Gasteiger partial charge in [0, 0.05) is 31.0 Å². The topological polar surface area (TPSA) is 46.0 Å². The van der Waals surface area contributed by atoms with Crippen LogP contribution in [-0.2, 0) is 6.54 Å². The first-order valence-corrected chi connectivity index (χ1v) is 9.19. The largest absolute Gasteiger partial charge is 0.303 e. The van der Waals surface area contributed by atoms with Crippen LogP contribution in [0.5, 0.6) is 0 Å². The number of hydrogen-bond acceptors (Lipinski definition) is 4. The summed E-state index contributed by atoms with van der Waals surface area (Å²) in [5, 5.41) is 7.09. The van der Waals surface area contributed by atoms with Crippen molar-refractivity contribution in [2.45, 2.75) is 27.3 Å². The van der Waals surface area contributed by atoms with Crippen LogP contribution in [0.3, 0.4) is 0 Å². The smallest absolute Gasteiger partial charge is 0.147 e. The molecule has 140 valence electrons. The molecular weight excluding hydrogens is 341 g/mol. The van der Waals surface area contributed by atoms with Crippen molar-refractivity contribution in [3.05, 3.63) is 54.6 Å². The van der Waals surface area contributed by atoms with Crippen molar-refractivity contribution in [2.75, 3.05) is 18.5 Å². The van der Waals surface area contributed by atoms with Crippen molar-refractivity contribution >= 4 is 5.82 Å². The van der Waals surface area contributed by atoms with Gasteiger partial charge in [0.1, 0.15) is 17.3 Å². The van der Waals surface area contributed by atoms with Crippen molar-refractivity contribution in [3.8, 4) is 22.4 Å². The van der Waals surface area contributed by atoms with E-state index in [1.165, 1.54) is 12.1 Å². The molecule has 6 heteroatoms. The highest BCUT2D eigenvalue weighted by molar-refractivity contribution is 5.88. The van der Waals surface area contributed by atoms with Crippen LogP contribution in [0.4, 0.5) is 10.2 Å². The van der Waals surface area contributed by atoms with Crippen molar-refractivity contribution in [1.29, 1.82) is 0 Å². The molecule has 1 aromatic carbocycles. The number of hydrogen-bond donors (Lipinski definition) is 1. The molecule has 0 bridgehead atoms. The summed E-state index contributed by atoms with van der Waals surface area (Å²) in [7, 11) is 0. The standard InChI is InChI=1S/C21H24FN5/c1-21(2,3)14-26-12-13-27-20(25-26)18(15-8-10-23-11-9-15)19(24-27)16-4-6-17(22)7-5-16/h4-11,25H,12-14H2,1-3H3. The first kappa shape index (κ1) is 17.7. The number of benzene rings is 1. The molecule has 3 aromatic rings. The zero-order valence-electron chi connectivity index (χ0n) is 15.9. The summed E-state index contributed by atoms with van der Waals surface area (Å²) in [5.41, 5.74) is 7.55. The second kappa shape index (κ2) is 6.78. The molecule has 1 aliphatic rings. The third-order valence-corrected chi connectivity index (χ3v) is 4.55. The fraction of sp³-hybridized carbons (Fsp3) is 0.333. The van der Waals surface area contributed by atoms with Crippen molar-refractivity contribution in [1.82, 2.24) is 19.8 Å². The molecular formula is C21H24FN5. The number of rotatable bonds is 3. The van der Waals surface area contributed by atoms with E-state index < -0.39 is 0 Å². The third kappa shape index (κ3) is 3.71. The Hall–Kier alpha value is -2.73. The van der Waals surface area contributed by atoms with Crippen LogP contribution in [0, 0.1) is 11.2 Å². The van der Waals surface area contributed by atoms with E-state index in [1.807, 2.05) is 16.8 Å². The molecule has 0 unspecified atom stereocenters. The zero-order valence-corrected chi connectivity index (χ0v) is 15.9. The van der Waals surface area contributed by atoms with E-state index in [1.54, 1.807) is 24.5 Å². The maximum Gasteiger partial charge on any atom is 0.147 e. The normalized spacial score (nSPS) is 14.7. The Kier molecular flexibility index (Phi) is 4.44. The number of nitrogens with zero attached hydrogens (tertiary/aromatic N) is 4. The monoisotopic (exact) mass is 365 g/mol. The molecule has 0 atom stereocenters. The third-order valence-electron chi connectivity index (χ3n) is 4.55. The Morgan fingerprint density at radius 2 is 1.70 bits per heavy atom. The molecule has 3 heterocycles. The molecule has 4 rings (SSSR count). The lowest BCUT2D eigenvalue weighted by Gasteiger charge is -2.34. The Morgan fingerprint density at radius 3 is 2.37 bits per heavy atom. The Bertz CT molecular complexity index is 926. The van der Waals surface area contributed by atoms with Gasteiger partial charge < -0.3 is 5.43 Å². The van der Waals surface area contributed by atoms with Crippen molar-refractivity contribution in [2.24, 2.45) is 5.41 Å². The summed E-state index contributed by atoms with van der Waals surface area (Å²) in [6.45, 7) is 9.30. The first-order chi connectivity index (χ1) is 12.9. The molecule has 27 heavy (non-hydrogen) atoms. The van der Waals surface area contributed by atoms with Crippen LogP contribution in [0.25, 0.3) is 22.4 Å². The fourth-order valence-electron chi connectivity index (χ4n) is 3.45. The Morgan fingerprint density at radius 1 is 1.00 bits per heavy atom. The van der Waals surface area contributed by atoms with Gasteiger partial charge in [-0.25, -0.2) is 14.1 Å². The van der Waals surface area contributed by atoms with Gasteiger partial charge in [-0.2, -0.15) is 5.10 Å². The highest BCUT2D eigenvalue weighted by Crippen LogP contribution is 2.39. The van der Waals surface area contributed by atoms with Crippen molar-refractivity contribution in [3.63, 3.8) is 0 Å². The second-order valence-corrected chi connectivity index (χ2v) is 8.13. The summed E-state index contributed by atoms with van der Waals surface area (Å²) in [6, 6.07) is 10.5. The van der Waals surface area contributed by atoms with E-state index in [-0.39, 0.29) is 11.2 Å². The van der Waals surface area contributed by atoms with Gasteiger partial charge in [-0.15, -0.1) is 0 Å². The van der Waals surface area contributed by atoms with E-state index in [0.29, 0.717) is 0 Å². The molecule has 0 fully saturated rings. The van der Waals surface area contributed by atoms with E-state index in [2.05, 4.69) is 36.2 Å². The van der Waals surface area contributed by atoms with Crippen LogP contribution in [0.2, 0.25) is 0 Å². The average molecular weight is 365 g/mol. The van der Waals surface area contributed by atoms with Gasteiger partial charge in [0.2, 0.25) is 0 Å². The van der Waals surface area contributed by atoms with Gasteiger partial charge in [-0.05, 0) is 47.4 Å². The molecule has 5 nitrogen and oxygen atoms in total. The summed E-state index contributed by atoms with van der Waals surface area (Å²) < 4.78 is 15.4. The fourth-order valence-corrected chi connectivity index (χ4v) is 3.45. The summed E-state index contributed by atoms with van der Waals surface area (Å²) in [4.78, 5) is 4.14. The van der Waals surface area contributed by atoms with E-state index in [4.69, 9.17) is 5.10 Å².